The average molecular weight is 755 g/mol. The molecule has 1 aliphatic rings. The van der Waals surface area contributed by atoms with Crippen LogP contribution in [0.15, 0.2) is 218 Å². The summed E-state index contributed by atoms with van der Waals surface area (Å²) in [5.74, 6) is 0. The molecule has 0 fully saturated rings. The Bertz CT molecular complexity index is 3060. The minimum Gasteiger partial charge on any atom is -0.310 e. The van der Waals surface area contributed by atoms with E-state index in [-0.39, 0.29) is 5.41 Å². The van der Waals surface area contributed by atoms with Crippen molar-refractivity contribution >= 4 is 38.9 Å². The zero-order chi connectivity index (χ0) is 39.5. The van der Waals surface area contributed by atoms with E-state index in [4.69, 9.17) is 0 Å². The Balaban J connectivity index is 1.13. The number of aromatic nitrogens is 1. The van der Waals surface area contributed by atoms with Gasteiger partial charge in [-0.1, -0.05) is 172 Å². The van der Waals surface area contributed by atoms with Crippen LogP contribution < -0.4 is 4.90 Å². The lowest BCUT2D eigenvalue weighted by molar-refractivity contribution is 0.662. The molecule has 10 aromatic rings. The summed E-state index contributed by atoms with van der Waals surface area (Å²) in [5, 5.41) is 2.51. The summed E-state index contributed by atoms with van der Waals surface area (Å²) in [4.78, 5) is 2.46. The molecule has 0 atom stereocenters. The standard InChI is InChI=1S/C57H42N2/c1-57(2)51-24-14-12-23-49(51)55-54(37-35-47(56(55)57)43-30-36-53-50(38-43)48-22-13-15-25-52(48)59(53)44-20-10-5-11-21-44)58(45-31-26-41(27-32-45)39-16-6-3-7-17-39)46-33-28-42(29-34-46)40-18-8-4-9-19-40/h3-38H,1-2H3. The Labute approximate surface area is 345 Å². The summed E-state index contributed by atoms with van der Waals surface area (Å²) in [7, 11) is 0. The zero-order valence-electron chi connectivity index (χ0n) is 33.2. The number of hydrogen-bond donors (Lipinski definition) is 0. The number of benzene rings is 9. The highest BCUT2D eigenvalue weighted by Gasteiger charge is 2.40. The number of hydrogen-bond acceptors (Lipinski definition) is 1. The molecule has 0 saturated carbocycles. The van der Waals surface area contributed by atoms with Crippen LogP contribution in [0.4, 0.5) is 17.1 Å². The van der Waals surface area contributed by atoms with Crippen LogP contribution in [0.25, 0.3) is 72.0 Å². The summed E-state index contributed by atoms with van der Waals surface area (Å²) >= 11 is 0. The number of anilines is 3. The SMILES string of the molecule is CC1(C)c2ccccc2-c2c(N(c3ccc(-c4ccccc4)cc3)c3ccc(-c4ccccc4)cc3)ccc(-c3ccc4c(c3)c3ccccc3n4-c3ccccc3)c21. The minimum absolute atomic E-state index is 0.246. The molecule has 2 nitrogen and oxygen atoms in total. The van der Waals surface area contributed by atoms with Gasteiger partial charge < -0.3 is 9.47 Å². The molecule has 0 amide bonds. The normalized spacial score (nSPS) is 12.7. The van der Waals surface area contributed by atoms with Gasteiger partial charge in [0.1, 0.15) is 0 Å². The highest BCUT2D eigenvalue weighted by Crippen LogP contribution is 2.57. The Morgan fingerprint density at radius 2 is 0.898 bits per heavy atom. The first-order valence-corrected chi connectivity index (χ1v) is 20.5. The number of para-hydroxylation sites is 2. The molecule has 59 heavy (non-hydrogen) atoms. The first-order chi connectivity index (χ1) is 29.0. The van der Waals surface area contributed by atoms with Crippen LogP contribution in [-0.4, -0.2) is 4.57 Å². The number of rotatable bonds is 7. The minimum atomic E-state index is -0.246. The molecule has 11 rings (SSSR count). The lowest BCUT2D eigenvalue weighted by atomic mass is 9.78. The van der Waals surface area contributed by atoms with Gasteiger partial charge in [0.25, 0.3) is 0 Å². The maximum Gasteiger partial charge on any atom is 0.0543 e. The summed E-state index contributed by atoms with van der Waals surface area (Å²) < 4.78 is 2.39. The Morgan fingerprint density at radius 3 is 1.54 bits per heavy atom. The summed E-state index contributed by atoms with van der Waals surface area (Å²) in [6.07, 6.45) is 0. The van der Waals surface area contributed by atoms with Crippen LogP contribution in [0.1, 0.15) is 25.0 Å². The van der Waals surface area contributed by atoms with Crippen molar-refractivity contribution < 1.29 is 0 Å². The second-order valence-corrected chi connectivity index (χ2v) is 16.1. The van der Waals surface area contributed by atoms with E-state index in [1.807, 2.05) is 0 Å². The van der Waals surface area contributed by atoms with Crippen LogP contribution in [0, 0.1) is 0 Å². The van der Waals surface area contributed by atoms with E-state index >= 15 is 0 Å². The Kier molecular flexibility index (Phi) is 8.20. The fraction of sp³-hybridized carbons (Fsp3) is 0.0526. The monoisotopic (exact) mass is 754 g/mol. The average Bonchev–Trinajstić information content (AvgIpc) is 3.76. The van der Waals surface area contributed by atoms with E-state index < -0.39 is 0 Å². The molecule has 0 unspecified atom stereocenters. The molecule has 0 N–H and O–H groups in total. The molecular formula is C57H42N2. The van der Waals surface area contributed by atoms with Gasteiger partial charge >= 0.3 is 0 Å². The van der Waals surface area contributed by atoms with Gasteiger partial charge in [0.2, 0.25) is 0 Å². The van der Waals surface area contributed by atoms with Gasteiger partial charge in [0, 0.05) is 38.8 Å². The predicted octanol–water partition coefficient (Wildman–Crippen LogP) is 15.6. The van der Waals surface area contributed by atoms with Crippen LogP contribution in [0.5, 0.6) is 0 Å². The lowest BCUT2D eigenvalue weighted by Gasteiger charge is -2.30. The van der Waals surface area contributed by atoms with Gasteiger partial charge in [0.05, 0.1) is 16.7 Å². The fourth-order valence-corrected chi connectivity index (χ4v) is 9.61. The van der Waals surface area contributed by atoms with Crippen molar-refractivity contribution in [3.63, 3.8) is 0 Å². The van der Waals surface area contributed by atoms with Gasteiger partial charge in [-0.15, -0.1) is 0 Å². The highest BCUT2D eigenvalue weighted by molar-refractivity contribution is 6.11. The van der Waals surface area contributed by atoms with Crippen molar-refractivity contribution in [2.24, 2.45) is 0 Å². The van der Waals surface area contributed by atoms with Crippen LogP contribution in [0.3, 0.4) is 0 Å². The third-order valence-corrected chi connectivity index (χ3v) is 12.4. The molecule has 2 heteroatoms. The molecule has 1 aliphatic carbocycles. The van der Waals surface area contributed by atoms with E-state index in [1.165, 1.54) is 88.8 Å². The highest BCUT2D eigenvalue weighted by atomic mass is 15.1. The summed E-state index contributed by atoms with van der Waals surface area (Å²) in [6.45, 7) is 4.80. The first kappa shape index (κ1) is 34.8. The zero-order valence-corrected chi connectivity index (χ0v) is 33.2. The summed E-state index contributed by atoms with van der Waals surface area (Å²) in [5.41, 5.74) is 19.3. The van der Waals surface area contributed by atoms with Crippen molar-refractivity contribution in [1.29, 1.82) is 0 Å². The largest absolute Gasteiger partial charge is 0.310 e. The van der Waals surface area contributed by atoms with Crippen LogP contribution in [0.2, 0.25) is 0 Å². The first-order valence-electron chi connectivity index (χ1n) is 20.5. The van der Waals surface area contributed by atoms with Crippen molar-refractivity contribution in [3.05, 3.63) is 230 Å². The maximum absolute atomic E-state index is 2.46. The van der Waals surface area contributed by atoms with Gasteiger partial charge in [0.15, 0.2) is 0 Å². The second kappa shape index (κ2) is 13.9. The maximum atomic E-state index is 2.46. The molecule has 0 aliphatic heterocycles. The van der Waals surface area contributed by atoms with E-state index in [1.54, 1.807) is 0 Å². The molecule has 0 bridgehead atoms. The van der Waals surface area contributed by atoms with E-state index in [9.17, 15) is 0 Å². The van der Waals surface area contributed by atoms with E-state index in [0.717, 1.165) is 11.4 Å². The van der Waals surface area contributed by atoms with Gasteiger partial charge in [-0.05, 0) is 111 Å². The molecular weight excluding hydrogens is 713 g/mol. The Morgan fingerprint density at radius 1 is 0.390 bits per heavy atom. The predicted molar refractivity (Wildman–Crippen MR) is 249 cm³/mol. The summed E-state index contributed by atoms with van der Waals surface area (Å²) in [6, 6.07) is 79.7. The van der Waals surface area contributed by atoms with Crippen molar-refractivity contribution in [2.45, 2.75) is 19.3 Å². The van der Waals surface area contributed by atoms with Crippen LogP contribution >= 0.6 is 0 Å². The molecule has 280 valence electrons. The third kappa shape index (κ3) is 5.71. The lowest BCUT2D eigenvalue weighted by Crippen LogP contribution is -2.17. The van der Waals surface area contributed by atoms with Crippen molar-refractivity contribution in [2.75, 3.05) is 4.90 Å². The number of fused-ring (bicyclic) bond motifs is 6. The Hall–Kier alpha value is -7.42. The fourth-order valence-electron chi connectivity index (χ4n) is 9.61. The molecule has 1 aromatic heterocycles. The second-order valence-electron chi connectivity index (χ2n) is 16.1. The third-order valence-electron chi connectivity index (χ3n) is 12.4. The van der Waals surface area contributed by atoms with Crippen molar-refractivity contribution in [1.82, 2.24) is 4.57 Å². The van der Waals surface area contributed by atoms with Gasteiger partial charge in [-0.3, -0.25) is 0 Å². The molecule has 9 aromatic carbocycles. The van der Waals surface area contributed by atoms with E-state index in [2.05, 4.69) is 242 Å². The topological polar surface area (TPSA) is 8.17 Å². The molecule has 0 radical (unpaired) electrons. The van der Waals surface area contributed by atoms with Crippen molar-refractivity contribution in [3.8, 4) is 50.2 Å². The van der Waals surface area contributed by atoms with Gasteiger partial charge in [-0.25, -0.2) is 0 Å². The van der Waals surface area contributed by atoms with E-state index in [0.29, 0.717) is 0 Å². The van der Waals surface area contributed by atoms with Crippen LogP contribution in [-0.2, 0) is 5.41 Å². The van der Waals surface area contributed by atoms with Gasteiger partial charge in [-0.2, -0.15) is 0 Å². The molecule has 1 heterocycles. The quantitative estimate of drug-likeness (QED) is 0.157. The molecule has 0 saturated heterocycles. The molecule has 0 spiro atoms. The number of nitrogens with zero attached hydrogens (tertiary/aromatic N) is 2. The smallest absolute Gasteiger partial charge is 0.0543 e.